The maximum atomic E-state index is 11.9. The van der Waals surface area contributed by atoms with Crippen molar-refractivity contribution in [1.82, 2.24) is 4.90 Å². The minimum Gasteiger partial charge on any atom is -0.459 e. The van der Waals surface area contributed by atoms with Gasteiger partial charge in [-0.25, -0.2) is 0 Å². The molecule has 0 atom stereocenters. The van der Waals surface area contributed by atoms with Crippen molar-refractivity contribution in [2.24, 2.45) is 0 Å². The van der Waals surface area contributed by atoms with Crippen molar-refractivity contribution in [3.8, 4) is 0 Å². The highest BCUT2D eigenvalue weighted by atomic mass is 16.3. The van der Waals surface area contributed by atoms with Crippen LogP contribution >= 0.6 is 0 Å². The third kappa shape index (κ3) is 4.21. The maximum absolute atomic E-state index is 11.9. The van der Waals surface area contributed by atoms with Crippen LogP contribution in [0.4, 0.5) is 5.69 Å². The number of anilines is 1. The second-order valence-corrected chi connectivity index (χ2v) is 4.92. The molecule has 0 fully saturated rings. The van der Waals surface area contributed by atoms with Crippen LogP contribution in [-0.4, -0.2) is 30.8 Å². The van der Waals surface area contributed by atoms with Gasteiger partial charge in [0.25, 0.3) is 5.91 Å². The number of carbonyl (C=O) groups is 2. The molecule has 1 N–H and O–H groups in total. The average molecular weight is 286 g/mol. The number of hydrogen-bond acceptors (Lipinski definition) is 3. The number of aryl methyl sites for hydroxylation is 1. The highest BCUT2D eigenvalue weighted by Crippen LogP contribution is 2.14. The lowest BCUT2D eigenvalue weighted by Crippen LogP contribution is -2.21. The first-order chi connectivity index (χ1) is 10.1. The Hall–Kier alpha value is -2.56. The summed E-state index contributed by atoms with van der Waals surface area (Å²) in [6.07, 6.45) is 2.54. The highest BCUT2D eigenvalue weighted by molar-refractivity contribution is 6.02. The number of furan rings is 1. The molecule has 1 aromatic carbocycles. The fraction of sp³-hybridized carbons (Fsp3) is 0.250. The van der Waals surface area contributed by atoms with Gasteiger partial charge >= 0.3 is 0 Å². The summed E-state index contributed by atoms with van der Waals surface area (Å²) in [6.45, 7) is 0. The van der Waals surface area contributed by atoms with E-state index in [1.165, 1.54) is 6.26 Å². The van der Waals surface area contributed by atoms with Crippen LogP contribution in [0.1, 0.15) is 22.5 Å². The fourth-order valence-corrected chi connectivity index (χ4v) is 1.88. The summed E-state index contributed by atoms with van der Waals surface area (Å²) in [5.41, 5.74) is 1.69. The standard InChI is InChI=1S/C16H18N2O3/c1-18(2)15(19)9-8-12-5-3-6-13(11-12)17-16(20)14-7-4-10-21-14/h3-7,10-11H,8-9H2,1-2H3,(H,17,20). The first-order valence-electron chi connectivity index (χ1n) is 6.70. The van der Waals surface area contributed by atoms with Gasteiger partial charge in [0, 0.05) is 26.2 Å². The molecule has 5 nitrogen and oxygen atoms in total. The third-order valence-electron chi connectivity index (χ3n) is 3.06. The number of nitrogens with one attached hydrogen (secondary N) is 1. The molecule has 2 amide bonds. The molecular weight excluding hydrogens is 268 g/mol. The van der Waals surface area contributed by atoms with E-state index >= 15 is 0 Å². The van der Waals surface area contributed by atoms with Gasteiger partial charge < -0.3 is 14.6 Å². The molecule has 2 aromatic rings. The van der Waals surface area contributed by atoms with E-state index in [4.69, 9.17) is 4.42 Å². The lowest BCUT2D eigenvalue weighted by Gasteiger charge is -2.10. The van der Waals surface area contributed by atoms with Gasteiger partial charge in [-0.15, -0.1) is 0 Å². The number of rotatable bonds is 5. The molecular formula is C16H18N2O3. The molecule has 0 aliphatic carbocycles. The van der Waals surface area contributed by atoms with Gasteiger partial charge in [-0.2, -0.15) is 0 Å². The smallest absolute Gasteiger partial charge is 0.291 e. The van der Waals surface area contributed by atoms with Gasteiger partial charge in [-0.3, -0.25) is 9.59 Å². The Bertz CT molecular complexity index is 618. The molecule has 21 heavy (non-hydrogen) atoms. The molecule has 1 aromatic heterocycles. The summed E-state index contributed by atoms with van der Waals surface area (Å²) in [5, 5.41) is 2.77. The van der Waals surface area contributed by atoms with Gasteiger partial charge in [0.2, 0.25) is 5.91 Å². The second kappa shape index (κ2) is 6.74. The highest BCUT2D eigenvalue weighted by Gasteiger charge is 2.09. The quantitative estimate of drug-likeness (QED) is 0.918. The van der Waals surface area contributed by atoms with Crippen molar-refractivity contribution in [3.05, 3.63) is 54.0 Å². The van der Waals surface area contributed by atoms with Crippen LogP contribution in [-0.2, 0) is 11.2 Å². The van der Waals surface area contributed by atoms with E-state index in [9.17, 15) is 9.59 Å². The zero-order valence-electron chi connectivity index (χ0n) is 12.1. The van der Waals surface area contributed by atoms with Crippen molar-refractivity contribution >= 4 is 17.5 Å². The summed E-state index contributed by atoms with van der Waals surface area (Å²) < 4.78 is 5.04. The normalized spacial score (nSPS) is 10.2. The second-order valence-electron chi connectivity index (χ2n) is 4.92. The predicted molar refractivity (Wildman–Crippen MR) is 80.1 cm³/mol. The lowest BCUT2D eigenvalue weighted by molar-refractivity contribution is -0.128. The molecule has 0 bridgehead atoms. The Morgan fingerprint density at radius 1 is 1.19 bits per heavy atom. The minimum atomic E-state index is -0.290. The van der Waals surface area contributed by atoms with Crippen molar-refractivity contribution in [2.45, 2.75) is 12.8 Å². The first-order valence-corrected chi connectivity index (χ1v) is 6.70. The summed E-state index contributed by atoms with van der Waals surface area (Å²) in [4.78, 5) is 25.0. The Morgan fingerprint density at radius 3 is 2.67 bits per heavy atom. The largest absolute Gasteiger partial charge is 0.459 e. The van der Waals surface area contributed by atoms with Crippen molar-refractivity contribution < 1.29 is 14.0 Å². The number of benzene rings is 1. The van der Waals surface area contributed by atoms with E-state index in [1.54, 1.807) is 37.2 Å². The van der Waals surface area contributed by atoms with Crippen molar-refractivity contribution in [1.29, 1.82) is 0 Å². The Morgan fingerprint density at radius 2 is 2.00 bits per heavy atom. The summed E-state index contributed by atoms with van der Waals surface area (Å²) in [7, 11) is 3.48. The number of nitrogens with zero attached hydrogens (tertiary/aromatic N) is 1. The topological polar surface area (TPSA) is 62.6 Å². The average Bonchev–Trinajstić information content (AvgIpc) is 2.99. The van der Waals surface area contributed by atoms with E-state index in [0.717, 1.165) is 5.56 Å². The minimum absolute atomic E-state index is 0.0834. The van der Waals surface area contributed by atoms with Gasteiger partial charge in [0.05, 0.1) is 6.26 Å². The number of hydrogen-bond donors (Lipinski definition) is 1. The van der Waals surface area contributed by atoms with Crippen LogP contribution in [0.25, 0.3) is 0 Å². The maximum Gasteiger partial charge on any atom is 0.291 e. The number of carbonyl (C=O) groups excluding carboxylic acids is 2. The van der Waals surface area contributed by atoms with Gasteiger partial charge in [0.1, 0.15) is 0 Å². The zero-order valence-corrected chi connectivity index (χ0v) is 12.1. The summed E-state index contributed by atoms with van der Waals surface area (Å²) in [5.74, 6) is 0.0599. The molecule has 2 rings (SSSR count). The van der Waals surface area contributed by atoms with E-state index < -0.39 is 0 Å². The van der Waals surface area contributed by atoms with Crippen LogP contribution in [0.5, 0.6) is 0 Å². The first kappa shape index (κ1) is 14.8. The van der Waals surface area contributed by atoms with E-state index in [2.05, 4.69) is 5.32 Å². The van der Waals surface area contributed by atoms with Crippen LogP contribution in [0.2, 0.25) is 0 Å². The van der Waals surface area contributed by atoms with E-state index in [1.807, 2.05) is 18.2 Å². The molecule has 0 spiro atoms. The van der Waals surface area contributed by atoms with Crippen LogP contribution < -0.4 is 5.32 Å². The number of amides is 2. The van der Waals surface area contributed by atoms with Crippen LogP contribution in [0.3, 0.4) is 0 Å². The molecule has 0 aliphatic rings. The molecule has 0 unspecified atom stereocenters. The monoisotopic (exact) mass is 286 g/mol. The van der Waals surface area contributed by atoms with Crippen LogP contribution in [0, 0.1) is 0 Å². The molecule has 0 radical (unpaired) electrons. The molecule has 0 saturated heterocycles. The molecule has 0 saturated carbocycles. The summed E-state index contributed by atoms with van der Waals surface area (Å²) in [6, 6.07) is 10.7. The van der Waals surface area contributed by atoms with Gasteiger partial charge in [-0.05, 0) is 36.2 Å². The molecule has 110 valence electrons. The van der Waals surface area contributed by atoms with Crippen molar-refractivity contribution in [3.63, 3.8) is 0 Å². The molecule has 5 heteroatoms. The summed E-state index contributed by atoms with van der Waals surface area (Å²) >= 11 is 0. The van der Waals surface area contributed by atoms with Crippen LogP contribution in [0.15, 0.2) is 47.1 Å². The predicted octanol–water partition coefficient (Wildman–Crippen LogP) is 2.55. The Labute approximate surface area is 123 Å². The Kier molecular flexibility index (Phi) is 4.77. The third-order valence-corrected chi connectivity index (χ3v) is 3.06. The van der Waals surface area contributed by atoms with E-state index in [-0.39, 0.29) is 17.6 Å². The van der Waals surface area contributed by atoms with E-state index in [0.29, 0.717) is 18.5 Å². The molecule has 1 heterocycles. The van der Waals surface area contributed by atoms with Gasteiger partial charge in [-0.1, -0.05) is 12.1 Å². The lowest BCUT2D eigenvalue weighted by atomic mass is 10.1. The van der Waals surface area contributed by atoms with Crippen molar-refractivity contribution in [2.75, 3.05) is 19.4 Å². The molecule has 0 aliphatic heterocycles. The SMILES string of the molecule is CN(C)C(=O)CCc1cccc(NC(=O)c2ccco2)c1. The Balaban J connectivity index is 1.98. The fourth-order valence-electron chi connectivity index (χ4n) is 1.88. The van der Waals surface area contributed by atoms with Gasteiger partial charge in [0.15, 0.2) is 5.76 Å². The zero-order chi connectivity index (χ0) is 15.2.